The van der Waals surface area contributed by atoms with Gasteiger partial charge in [0.2, 0.25) is 0 Å². The predicted molar refractivity (Wildman–Crippen MR) is 70.3 cm³/mol. The molecular weight excluding hydrogens is 268 g/mol. The molecule has 0 fully saturated rings. The topological polar surface area (TPSA) is 114 Å². The molecule has 0 aliphatic heterocycles. The maximum Gasteiger partial charge on any atom is 0.408 e. The summed E-state index contributed by atoms with van der Waals surface area (Å²) >= 11 is 0. The van der Waals surface area contributed by atoms with E-state index in [0.717, 1.165) is 0 Å². The van der Waals surface area contributed by atoms with Crippen LogP contribution in [-0.2, 0) is 14.3 Å². The van der Waals surface area contributed by atoms with Gasteiger partial charge in [-0.3, -0.25) is 0 Å². The molecular formula is C12H20N2O6. The highest BCUT2D eigenvalue weighted by Crippen LogP contribution is 2.06. The van der Waals surface area contributed by atoms with Gasteiger partial charge in [0, 0.05) is 0 Å². The summed E-state index contributed by atoms with van der Waals surface area (Å²) in [5.74, 6) is -1.31. The van der Waals surface area contributed by atoms with Gasteiger partial charge in [-0.1, -0.05) is 12.7 Å². The number of ether oxygens (including phenoxy) is 2. The minimum atomic E-state index is -1.32. The number of hydrogen-bond acceptors (Lipinski definition) is 5. The summed E-state index contributed by atoms with van der Waals surface area (Å²) < 4.78 is 9.52. The first-order chi connectivity index (χ1) is 9.15. The lowest BCUT2D eigenvalue weighted by Crippen LogP contribution is -2.49. The van der Waals surface area contributed by atoms with Crippen molar-refractivity contribution in [3.8, 4) is 0 Å². The Labute approximate surface area is 117 Å². The van der Waals surface area contributed by atoms with Crippen LogP contribution in [0.5, 0.6) is 0 Å². The molecule has 114 valence electrons. The molecule has 20 heavy (non-hydrogen) atoms. The smallest absolute Gasteiger partial charge is 0.408 e. The van der Waals surface area contributed by atoms with Gasteiger partial charge in [0.25, 0.3) is 0 Å². The molecule has 0 aromatic carbocycles. The maximum absolute atomic E-state index is 11.4. The number of nitrogens with one attached hydrogen (secondary N) is 2. The zero-order chi connectivity index (χ0) is 15.8. The van der Waals surface area contributed by atoms with Crippen LogP contribution in [0, 0.1) is 0 Å². The first-order valence-corrected chi connectivity index (χ1v) is 5.89. The molecule has 8 nitrogen and oxygen atoms in total. The Kier molecular flexibility index (Phi) is 7.12. The zero-order valence-corrected chi connectivity index (χ0v) is 11.8. The zero-order valence-electron chi connectivity index (χ0n) is 11.8. The van der Waals surface area contributed by atoms with E-state index in [-0.39, 0.29) is 13.2 Å². The molecule has 0 aliphatic rings. The normalized spacial score (nSPS) is 11.9. The van der Waals surface area contributed by atoms with Gasteiger partial charge in [0.15, 0.2) is 0 Å². The highest BCUT2D eigenvalue weighted by molar-refractivity contribution is 5.81. The van der Waals surface area contributed by atoms with E-state index in [9.17, 15) is 14.4 Å². The molecule has 0 heterocycles. The van der Waals surface area contributed by atoms with Crippen molar-refractivity contribution in [2.24, 2.45) is 0 Å². The molecule has 0 rings (SSSR count). The number of rotatable bonds is 6. The molecule has 2 amide bonds. The molecule has 0 radical (unpaired) electrons. The van der Waals surface area contributed by atoms with Crippen LogP contribution in [0.2, 0.25) is 0 Å². The van der Waals surface area contributed by atoms with Crippen molar-refractivity contribution in [3.05, 3.63) is 12.7 Å². The predicted octanol–water partition coefficient (Wildman–Crippen LogP) is 0.876. The summed E-state index contributed by atoms with van der Waals surface area (Å²) in [6, 6.07) is -1.32. The number of carbonyl (C=O) groups excluding carboxylic acids is 2. The van der Waals surface area contributed by atoms with E-state index in [2.05, 4.69) is 21.9 Å². The van der Waals surface area contributed by atoms with Crippen molar-refractivity contribution < 1.29 is 29.0 Å². The third-order valence-electron chi connectivity index (χ3n) is 1.77. The summed E-state index contributed by atoms with van der Waals surface area (Å²) in [5, 5.41) is 13.3. The molecule has 0 aromatic heterocycles. The molecule has 0 saturated heterocycles. The van der Waals surface area contributed by atoms with Gasteiger partial charge in [-0.15, -0.1) is 0 Å². The Balaban J connectivity index is 4.30. The minimum absolute atomic E-state index is 0.00304. The van der Waals surface area contributed by atoms with Crippen molar-refractivity contribution >= 4 is 18.2 Å². The minimum Gasteiger partial charge on any atom is -0.480 e. The van der Waals surface area contributed by atoms with Crippen LogP contribution < -0.4 is 10.6 Å². The average molecular weight is 288 g/mol. The number of carboxylic acid groups (broad SMARTS) is 1. The van der Waals surface area contributed by atoms with E-state index in [1.807, 2.05) is 0 Å². The first kappa shape index (κ1) is 17.8. The van der Waals surface area contributed by atoms with Crippen molar-refractivity contribution in [1.29, 1.82) is 0 Å². The monoisotopic (exact) mass is 288 g/mol. The molecule has 8 heteroatoms. The molecule has 0 aliphatic carbocycles. The molecule has 1 atom stereocenters. The van der Waals surface area contributed by atoms with Gasteiger partial charge in [-0.05, 0) is 20.8 Å². The number of amides is 2. The van der Waals surface area contributed by atoms with E-state index in [1.165, 1.54) is 6.08 Å². The molecule has 3 N–H and O–H groups in total. The number of aliphatic carboxylic acids is 1. The first-order valence-electron chi connectivity index (χ1n) is 5.89. The van der Waals surface area contributed by atoms with E-state index < -0.39 is 29.8 Å². The van der Waals surface area contributed by atoms with Crippen molar-refractivity contribution in [2.45, 2.75) is 32.4 Å². The van der Waals surface area contributed by atoms with Crippen LogP contribution in [-0.4, -0.2) is 48.1 Å². The largest absolute Gasteiger partial charge is 0.480 e. The van der Waals surface area contributed by atoms with Crippen LogP contribution in [0.3, 0.4) is 0 Å². The van der Waals surface area contributed by atoms with Crippen LogP contribution in [0.25, 0.3) is 0 Å². The van der Waals surface area contributed by atoms with E-state index in [4.69, 9.17) is 9.84 Å². The number of carbonyl (C=O) groups is 3. The Morgan fingerprint density at radius 2 is 1.90 bits per heavy atom. The van der Waals surface area contributed by atoms with Crippen molar-refractivity contribution in [1.82, 2.24) is 10.6 Å². The third-order valence-corrected chi connectivity index (χ3v) is 1.77. The summed E-state index contributed by atoms with van der Waals surface area (Å²) in [4.78, 5) is 33.5. The lowest BCUT2D eigenvalue weighted by molar-refractivity contribution is -0.139. The Morgan fingerprint density at radius 3 is 2.35 bits per heavy atom. The third kappa shape index (κ3) is 8.78. The molecule has 0 saturated carbocycles. The molecule has 0 spiro atoms. The second-order valence-corrected chi connectivity index (χ2v) is 4.81. The lowest BCUT2D eigenvalue weighted by atomic mass is 10.2. The summed E-state index contributed by atoms with van der Waals surface area (Å²) in [6.45, 7) is 7.97. The Bertz CT molecular complexity index is 375. The molecule has 0 unspecified atom stereocenters. The maximum atomic E-state index is 11.4. The Morgan fingerprint density at radius 1 is 1.30 bits per heavy atom. The van der Waals surface area contributed by atoms with E-state index in [0.29, 0.717) is 0 Å². The van der Waals surface area contributed by atoms with Crippen molar-refractivity contribution in [3.63, 3.8) is 0 Å². The molecule has 0 aromatic rings. The number of carboxylic acids is 1. The fourth-order valence-electron chi connectivity index (χ4n) is 1.02. The van der Waals surface area contributed by atoms with E-state index >= 15 is 0 Å². The van der Waals surface area contributed by atoms with Gasteiger partial charge in [0.1, 0.15) is 18.2 Å². The SMILES string of the molecule is C=CCOC(=O)NC[C@H](NC(=O)OC(C)(C)C)C(=O)O. The summed E-state index contributed by atoms with van der Waals surface area (Å²) in [5.41, 5.74) is -0.747. The standard InChI is InChI=1S/C12H20N2O6/c1-5-6-19-10(17)13-7-8(9(15)16)14-11(18)20-12(2,3)4/h5,8H,1,6-7H2,2-4H3,(H,13,17)(H,14,18)(H,15,16)/t8-/m0/s1. The van der Waals surface area contributed by atoms with Gasteiger partial charge in [-0.2, -0.15) is 0 Å². The number of hydrogen-bond donors (Lipinski definition) is 3. The van der Waals surface area contributed by atoms with Gasteiger partial charge in [-0.25, -0.2) is 14.4 Å². The second kappa shape index (κ2) is 8.03. The van der Waals surface area contributed by atoms with Crippen molar-refractivity contribution in [2.75, 3.05) is 13.2 Å². The lowest BCUT2D eigenvalue weighted by Gasteiger charge is -2.22. The van der Waals surface area contributed by atoms with Crippen LogP contribution >= 0.6 is 0 Å². The summed E-state index contributed by atoms with van der Waals surface area (Å²) in [7, 11) is 0. The Hall–Kier alpha value is -2.25. The fraction of sp³-hybridized carbons (Fsp3) is 0.583. The highest BCUT2D eigenvalue weighted by Gasteiger charge is 2.24. The summed E-state index contributed by atoms with van der Waals surface area (Å²) in [6.07, 6.45) is -0.319. The second-order valence-electron chi connectivity index (χ2n) is 4.81. The van der Waals surface area contributed by atoms with Crippen LogP contribution in [0.4, 0.5) is 9.59 Å². The van der Waals surface area contributed by atoms with E-state index in [1.54, 1.807) is 20.8 Å². The van der Waals surface area contributed by atoms with Crippen LogP contribution in [0.1, 0.15) is 20.8 Å². The quantitative estimate of drug-likeness (QED) is 0.625. The molecule has 0 bridgehead atoms. The average Bonchev–Trinajstić information content (AvgIpc) is 2.29. The van der Waals surface area contributed by atoms with Gasteiger partial charge < -0.3 is 25.2 Å². The van der Waals surface area contributed by atoms with Gasteiger partial charge in [0.05, 0.1) is 6.54 Å². The number of alkyl carbamates (subject to hydrolysis) is 2. The highest BCUT2D eigenvalue weighted by atomic mass is 16.6. The van der Waals surface area contributed by atoms with Crippen LogP contribution in [0.15, 0.2) is 12.7 Å². The van der Waals surface area contributed by atoms with Gasteiger partial charge >= 0.3 is 18.2 Å². The fourth-order valence-corrected chi connectivity index (χ4v) is 1.02.